The zero-order valence-corrected chi connectivity index (χ0v) is 14.7. The van der Waals surface area contributed by atoms with Crippen LogP contribution < -0.4 is 4.74 Å². The van der Waals surface area contributed by atoms with E-state index in [1.807, 2.05) is 13.8 Å². The van der Waals surface area contributed by atoms with E-state index in [4.69, 9.17) is 9.84 Å². The molecular formula is C19H25NO5. The average Bonchev–Trinajstić information content (AvgIpc) is 2.60. The van der Waals surface area contributed by atoms with Crippen LogP contribution in [0.5, 0.6) is 5.75 Å². The summed E-state index contributed by atoms with van der Waals surface area (Å²) in [5.74, 6) is -0.928. The molecule has 1 saturated heterocycles. The quantitative estimate of drug-likeness (QED) is 0.767. The third-order valence-electron chi connectivity index (χ3n) is 4.60. The summed E-state index contributed by atoms with van der Waals surface area (Å²) in [5, 5.41) is 9.15. The van der Waals surface area contributed by atoms with E-state index in [0.717, 1.165) is 0 Å². The van der Waals surface area contributed by atoms with Crippen molar-refractivity contribution in [3.05, 3.63) is 29.8 Å². The first kappa shape index (κ1) is 19.0. The van der Waals surface area contributed by atoms with Crippen LogP contribution in [0.3, 0.4) is 0 Å². The maximum atomic E-state index is 12.4. The lowest BCUT2D eigenvalue weighted by Crippen LogP contribution is -2.47. The van der Waals surface area contributed by atoms with Crippen molar-refractivity contribution in [2.75, 3.05) is 13.2 Å². The van der Waals surface area contributed by atoms with Crippen molar-refractivity contribution in [2.45, 2.75) is 45.6 Å². The van der Waals surface area contributed by atoms with Gasteiger partial charge in [-0.3, -0.25) is 14.4 Å². The molecule has 0 spiro atoms. The number of likely N-dealkylation sites (tertiary alicyclic amines) is 1. The number of aliphatic carboxylic acids is 1. The molecule has 0 radical (unpaired) electrons. The monoisotopic (exact) mass is 347 g/mol. The number of carbonyl (C=O) groups is 3. The minimum atomic E-state index is -0.866. The highest BCUT2D eigenvalue weighted by atomic mass is 16.5. The van der Waals surface area contributed by atoms with E-state index in [-0.39, 0.29) is 37.1 Å². The van der Waals surface area contributed by atoms with Gasteiger partial charge in [-0.1, -0.05) is 0 Å². The molecule has 6 nitrogen and oxygen atoms in total. The summed E-state index contributed by atoms with van der Waals surface area (Å²) in [4.78, 5) is 37.4. The van der Waals surface area contributed by atoms with Crippen molar-refractivity contribution in [3.8, 4) is 5.75 Å². The fourth-order valence-corrected chi connectivity index (χ4v) is 3.07. The Balaban J connectivity index is 1.89. The van der Waals surface area contributed by atoms with Crippen molar-refractivity contribution in [1.29, 1.82) is 0 Å². The summed E-state index contributed by atoms with van der Waals surface area (Å²) in [6.07, 6.45) is 1.48. The maximum absolute atomic E-state index is 12.4. The van der Waals surface area contributed by atoms with Gasteiger partial charge in [-0.25, -0.2) is 0 Å². The first-order valence-corrected chi connectivity index (χ1v) is 8.70. The van der Waals surface area contributed by atoms with Crippen LogP contribution in [0.1, 0.15) is 49.9 Å². The molecule has 0 bridgehead atoms. The Kier molecular flexibility index (Phi) is 6.56. The molecule has 0 aromatic heterocycles. The number of Topliss-reactive ketones (excluding diaryl/α,β-unsaturated/α-hetero) is 1. The SMILES string of the molecule is CCOc1ccc(C(=O)CCC(=O)N2CC(C(=O)O)CCC2C)cc1. The first-order chi connectivity index (χ1) is 11.9. The zero-order valence-electron chi connectivity index (χ0n) is 14.7. The second-order valence-electron chi connectivity index (χ2n) is 6.39. The van der Waals surface area contributed by atoms with Gasteiger partial charge in [-0.05, 0) is 51.0 Å². The molecule has 1 N–H and O–H groups in total. The molecule has 1 aromatic rings. The lowest BCUT2D eigenvalue weighted by atomic mass is 9.93. The van der Waals surface area contributed by atoms with Crippen molar-refractivity contribution in [2.24, 2.45) is 5.92 Å². The standard InChI is InChI=1S/C19H25NO5/c1-3-25-16-8-6-14(7-9-16)17(21)10-11-18(22)20-12-15(19(23)24)5-4-13(20)2/h6-9,13,15H,3-5,10-12H2,1-2H3,(H,23,24). The van der Waals surface area contributed by atoms with Gasteiger partial charge in [-0.15, -0.1) is 0 Å². The molecule has 1 heterocycles. The number of hydrogen-bond donors (Lipinski definition) is 1. The summed E-state index contributed by atoms with van der Waals surface area (Å²) in [6, 6.07) is 6.89. The van der Waals surface area contributed by atoms with Gasteiger partial charge in [0.25, 0.3) is 0 Å². The fourth-order valence-electron chi connectivity index (χ4n) is 3.07. The number of carbonyl (C=O) groups excluding carboxylic acids is 2. The molecule has 2 rings (SSSR count). The van der Waals surface area contributed by atoms with Gasteiger partial charge in [0.15, 0.2) is 5.78 Å². The van der Waals surface area contributed by atoms with Crippen LogP contribution in [0.4, 0.5) is 0 Å². The van der Waals surface area contributed by atoms with Crippen LogP contribution in [-0.2, 0) is 9.59 Å². The summed E-state index contributed by atoms with van der Waals surface area (Å²) < 4.78 is 5.34. The van der Waals surface area contributed by atoms with Gasteiger partial charge < -0.3 is 14.7 Å². The van der Waals surface area contributed by atoms with Gasteiger partial charge in [0.2, 0.25) is 5.91 Å². The Hall–Kier alpha value is -2.37. The highest BCUT2D eigenvalue weighted by molar-refractivity contribution is 5.98. The molecule has 0 saturated carbocycles. The fraction of sp³-hybridized carbons (Fsp3) is 0.526. The van der Waals surface area contributed by atoms with E-state index in [9.17, 15) is 14.4 Å². The molecule has 6 heteroatoms. The molecule has 2 unspecified atom stereocenters. The second kappa shape index (κ2) is 8.65. The Morgan fingerprint density at radius 2 is 1.84 bits per heavy atom. The number of ether oxygens (including phenoxy) is 1. The van der Waals surface area contributed by atoms with Gasteiger partial charge in [-0.2, -0.15) is 0 Å². The van der Waals surface area contributed by atoms with Crippen LogP contribution in [-0.4, -0.2) is 46.9 Å². The molecule has 1 aliphatic rings. The van der Waals surface area contributed by atoms with E-state index in [1.165, 1.54) is 0 Å². The Morgan fingerprint density at radius 1 is 1.16 bits per heavy atom. The van der Waals surface area contributed by atoms with E-state index in [2.05, 4.69) is 0 Å². The van der Waals surface area contributed by atoms with Crippen LogP contribution in [0.25, 0.3) is 0 Å². The normalized spacial score (nSPS) is 20.2. The number of amides is 1. The number of rotatable bonds is 7. The van der Waals surface area contributed by atoms with Gasteiger partial charge in [0.05, 0.1) is 12.5 Å². The number of ketones is 1. The third-order valence-corrected chi connectivity index (χ3v) is 4.60. The third kappa shape index (κ3) is 5.05. The number of piperidine rings is 1. The molecule has 2 atom stereocenters. The van der Waals surface area contributed by atoms with Gasteiger partial charge in [0.1, 0.15) is 5.75 Å². The highest BCUT2D eigenvalue weighted by Crippen LogP contribution is 2.23. The zero-order chi connectivity index (χ0) is 18.4. The second-order valence-corrected chi connectivity index (χ2v) is 6.39. The lowest BCUT2D eigenvalue weighted by Gasteiger charge is -2.36. The summed E-state index contributed by atoms with van der Waals surface area (Å²) >= 11 is 0. The van der Waals surface area contributed by atoms with Crippen molar-refractivity contribution >= 4 is 17.7 Å². The average molecular weight is 347 g/mol. The number of hydrogen-bond acceptors (Lipinski definition) is 4. The molecule has 1 aliphatic heterocycles. The minimum absolute atomic E-state index is 0.0173. The topological polar surface area (TPSA) is 83.9 Å². The number of nitrogens with zero attached hydrogens (tertiary/aromatic N) is 1. The molecular weight excluding hydrogens is 322 g/mol. The molecule has 1 aromatic carbocycles. The largest absolute Gasteiger partial charge is 0.494 e. The van der Waals surface area contributed by atoms with Crippen molar-refractivity contribution < 1.29 is 24.2 Å². The van der Waals surface area contributed by atoms with Crippen LogP contribution in [0.2, 0.25) is 0 Å². The van der Waals surface area contributed by atoms with Crippen molar-refractivity contribution in [3.63, 3.8) is 0 Å². The summed E-state index contributed by atoms with van der Waals surface area (Å²) in [6.45, 7) is 4.60. The summed E-state index contributed by atoms with van der Waals surface area (Å²) in [5.41, 5.74) is 0.548. The lowest BCUT2D eigenvalue weighted by molar-refractivity contribution is -0.147. The first-order valence-electron chi connectivity index (χ1n) is 8.70. The Bertz CT molecular complexity index is 625. The minimum Gasteiger partial charge on any atom is -0.494 e. The molecule has 1 amide bonds. The summed E-state index contributed by atoms with van der Waals surface area (Å²) in [7, 11) is 0. The molecule has 25 heavy (non-hydrogen) atoms. The van der Waals surface area contributed by atoms with Crippen LogP contribution in [0, 0.1) is 5.92 Å². The van der Waals surface area contributed by atoms with E-state index < -0.39 is 11.9 Å². The van der Waals surface area contributed by atoms with E-state index in [1.54, 1.807) is 29.2 Å². The van der Waals surface area contributed by atoms with Crippen molar-refractivity contribution in [1.82, 2.24) is 4.90 Å². The maximum Gasteiger partial charge on any atom is 0.308 e. The number of carboxylic acids is 1. The molecule has 136 valence electrons. The Morgan fingerprint density at radius 3 is 2.44 bits per heavy atom. The highest BCUT2D eigenvalue weighted by Gasteiger charge is 2.32. The number of carboxylic acid groups (broad SMARTS) is 1. The Labute approximate surface area is 147 Å². The van der Waals surface area contributed by atoms with Gasteiger partial charge in [0, 0.05) is 31.0 Å². The number of benzene rings is 1. The smallest absolute Gasteiger partial charge is 0.308 e. The molecule has 1 fully saturated rings. The van der Waals surface area contributed by atoms with E-state index in [0.29, 0.717) is 30.8 Å². The van der Waals surface area contributed by atoms with Gasteiger partial charge >= 0.3 is 5.97 Å². The predicted octanol–water partition coefficient (Wildman–Crippen LogP) is 2.76. The van der Waals surface area contributed by atoms with Crippen LogP contribution in [0.15, 0.2) is 24.3 Å². The van der Waals surface area contributed by atoms with E-state index >= 15 is 0 Å². The van der Waals surface area contributed by atoms with Crippen LogP contribution >= 0.6 is 0 Å². The predicted molar refractivity (Wildman–Crippen MR) is 92.7 cm³/mol. The molecule has 0 aliphatic carbocycles.